The van der Waals surface area contributed by atoms with Gasteiger partial charge in [-0.2, -0.15) is 0 Å². The average Bonchev–Trinajstić information content (AvgIpc) is 2.75. The molecule has 0 aromatic heterocycles. The lowest BCUT2D eigenvalue weighted by atomic mass is 9.96. The Hall–Kier alpha value is -1.87. The minimum Gasteiger partial charge on any atom is -0.477 e. The normalized spacial score (nSPS) is 14.7. The number of benzene rings is 1. The molecule has 0 aliphatic carbocycles. The second kappa shape index (κ2) is 3.82. The highest BCUT2D eigenvalue weighted by Crippen LogP contribution is 2.37. The van der Waals surface area contributed by atoms with Crippen LogP contribution in [-0.2, 0) is 10.6 Å². The van der Waals surface area contributed by atoms with Crippen molar-refractivity contribution >= 4 is 5.97 Å². The first-order chi connectivity index (χ1) is 8.26. The summed E-state index contributed by atoms with van der Waals surface area (Å²) in [6.07, 6.45) is 0. The summed E-state index contributed by atoms with van der Waals surface area (Å²) in [6.45, 7) is -0.0645. The molecule has 1 aromatic rings. The van der Waals surface area contributed by atoms with E-state index in [1.165, 1.54) is 6.07 Å². The molecular formula is C10H10O8. The number of aliphatic carboxylic acids is 1. The number of rotatable bonds is 3. The Morgan fingerprint density at radius 2 is 1.72 bits per heavy atom. The molecule has 1 aliphatic rings. The lowest BCUT2D eigenvalue weighted by Gasteiger charge is -2.31. The van der Waals surface area contributed by atoms with Crippen molar-refractivity contribution in [1.29, 1.82) is 0 Å². The van der Waals surface area contributed by atoms with Gasteiger partial charge in [0.1, 0.15) is 0 Å². The van der Waals surface area contributed by atoms with Gasteiger partial charge in [-0.15, -0.1) is 0 Å². The minimum atomic E-state index is -3.76. The maximum absolute atomic E-state index is 10.6. The molecule has 0 saturated heterocycles. The molecule has 1 aliphatic heterocycles. The van der Waals surface area contributed by atoms with Crippen LogP contribution >= 0.6 is 0 Å². The van der Waals surface area contributed by atoms with Gasteiger partial charge in [-0.3, -0.25) is 0 Å². The van der Waals surface area contributed by atoms with Gasteiger partial charge in [-0.25, -0.2) is 4.79 Å². The van der Waals surface area contributed by atoms with Crippen LogP contribution < -0.4 is 9.47 Å². The molecule has 0 saturated carbocycles. The molecule has 0 atom stereocenters. The number of carboxylic acids is 1. The third kappa shape index (κ3) is 1.68. The highest BCUT2D eigenvalue weighted by molar-refractivity contribution is 5.76. The zero-order chi connectivity index (χ0) is 13.6. The fourth-order valence-electron chi connectivity index (χ4n) is 1.46. The van der Waals surface area contributed by atoms with Crippen LogP contribution in [0.4, 0.5) is 0 Å². The van der Waals surface area contributed by atoms with Gasteiger partial charge in [0, 0.05) is 5.56 Å². The van der Waals surface area contributed by atoms with Crippen molar-refractivity contribution < 1.29 is 39.8 Å². The predicted octanol–water partition coefficient (Wildman–Crippen LogP) is -1.68. The third-order valence-electron chi connectivity index (χ3n) is 2.56. The molecule has 2 rings (SSSR count). The van der Waals surface area contributed by atoms with Gasteiger partial charge in [-0.1, -0.05) is 0 Å². The summed E-state index contributed by atoms with van der Waals surface area (Å²) in [7, 11) is 0. The second-order valence-corrected chi connectivity index (χ2v) is 3.72. The van der Waals surface area contributed by atoms with Crippen LogP contribution in [0.15, 0.2) is 18.2 Å². The molecule has 0 bridgehead atoms. The number of carboxylic acid groups (broad SMARTS) is 1. The van der Waals surface area contributed by atoms with E-state index in [0.717, 1.165) is 12.1 Å². The Morgan fingerprint density at radius 1 is 1.11 bits per heavy atom. The summed E-state index contributed by atoms with van der Waals surface area (Å²) in [5, 5.41) is 46.2. The Balaban J connectivity index is 2.44. The standard InChI is InChI=1S/C10H10O8/c11-8(12)10(15,16)9(13,14)5-1-2-6-7(3-5)18-4-17-6/h1-3,13-16H,4H2,(H,11,12). The summed E-state index contributed by atoms with van der Waals surface area (Å²) < 4.78 is 9.92. The van der Waals surface area contributed by atoms with Gasteiger partial charge in [0.05, 0.1) is 0 Å². The lowest BCUT2D eigenvalue weighted by molar-refractivity contribution is -0.352. The van der Waals surface area contributed by atoms with Crippen LogP contribution in [0.1, 0.15) is 5.56 Å². The largest absolute Gasteiger partial charge is 0.477 e. The molecule has 0 unspecified atom stereocenters. The summed E-state index contributed by atoms with van der Waals surface area (Å²) >= 11 is 0. The van der Waals surface area contributed by atoms with Crippen LogP contribution in [0.2, 0.25) is 0 Å². The Morgan fingerprint density at radius 3 is 2.33 bits per heavy atom. The average molecular weight is 258 g/mol. The number of fused-ring (bicyclic) bond motifs is 1. The van der Waals surface area contributed by atoms with Gasteiger partial charge in [0.25, 0.3) is 5.79 Å². The van der Waals surface area contributed by atoms with Crippen molar-refractivity contribution in [3.63, 3.8) is 0 Å². The molecule has 1 heterocycles. The Kier molecular flexibility index (Phi) is 2.67. The van der Waals surface area contributed by atoms with Crippen molar-refractivity contribution in [2.24, 2.45) is 0 Å². The van der Waals surface area contributed by atoms with Gasteiger partial charge in [0.2, 0.25) is 6.79 Å². The predicted molar refractivity (Wildman–Crippen MR) is 53.5 cm³/mol. The van der Waals surface area contributed by atoms with Crippen LogP contribution in [0.5, 0.6) is 11.5 Å². The van der Waals surface area contributed by atoms with E-state index in [0.29, 0.717) is 5.75 Å². The molecule has 5 N–H and O–H groups in total. The quantitative estimate of drug-likeness (QED) is 0.405. The number of hydrogen-bond donors (Lipinski definition) is 5. The second-order valence-electron chi connectivity index (χ2n) is 3.72. The molecule has 18 heavy (non-hydrogen) atoms. The first-order valence-corrected chi connectivity index (χ1v) is 4.80. The smallest absolute Gasteiger partial charge is 0.370 e. The van der Waals surface area contributed by atoms with E-state index in [9.17, 15) is 25.2 Å². The fourth-order valence-corrected chi connectivity index (χ4v) is 1.46. The fraction of sp³-hybridized carbons (Fsp3) is 0.300. The zero-order valence-electron chi connectivity index (χ0n) is 8.90. The number of carbonyl (C=O) groups is 1. The van der Waals surface area contributed by atoms with E-state index in [4.69, 9.17) is 14.6 Å². The summed E-state index contributed by atoms with van der Waals surface area (Å²) in [4.78, 5) is 10.6. The van der Waals surface area contributed by atoms with Crippen molar-refractivity contribution in [3.8, 4) is 11.5 Å². The Bertz CT molecular complexity index is 493. The highest BCUT2D eigenvalue weighted by Gasteiger charge is 2.55. The van der Waals surface area contributed by atoms with Crippen LogP contribution in [0, 0.1) is 0 Å². The lowest BCUT2D eigenvalue weighted by Crippen LogP contribution is -2.57. The zero-order valence-corrected chi connectivity index (χ0v) is 8.90. The monoisotopic (exact) mass is 258 g/mol. The van der Waals surface area contributed by atoms with E-state index >= 15 is 0 Å². The van der Waals surface area contributed by atoms with E-state index in [1.54, 1.807) is 0 Å². The maximum Gasteiger partial charge on any atom is 0.370 e. The summed E-state index contributed by atoms with van der Waals surface area (Å²) in [6, 6.07) is 3.42. The molecule has 1 aromatic carbocycles. The molecule has 0 fully saturated rings. The van der Waals surface area contributed by atoms with E-state index < -0.39 is 23.1 Å². The van der Waals surface area contributed by atoms with E-state index in [1.807, 2.05) is 0 Å². The van der Waals surface area contributed by atoms with Crippen LogP contribution in [0.25, 0.3) is 0 Å². The number of ether oxygens (including phenoxy) is 2. The van der Waals surface area contributed by atoms with Crippen LogP contribution in [0.3, 0.4) is 0 Å². The molecule has 8 heteroatoms. The van der Waals surface area contributed by atoms with Crippen molar-refractivity contribution in [1.82, 2.24) is 0 Å². The Labute approximate surface area is 100 Å². The minimum absolute atomic E-state index is 0.0645. The van der Waals surface area contributed by atoms with Crippen LogP contribution in [-0.4, -0.2) is 44.1 Å². The molecule has 8 nitrogen and oxygen atoms in total. The first-order valence-electron chi connectivity index (χ1n) is 4.80. The highest BCUT2D eigenvalue weighted by atomic mass is 16.7. The van der Waals surface area contributed by atoms with E-state index in [-0.39, 0.29) is 12.5 Å². The molecule has 98 valence electrons. The SMILES string of the molecule is O=C(O)C(O)(O)C(O)(O)c1ccc2c(c1)OCO2. The molecular weight excluding hydrogens is 248 g/mol. The van der Waals surface area contributed by atoms with E-state index in [2.05, 4.69) is 0 Å². The first kappa shape index (κ1) is 12.6. The molecule has 0 radical (unpaired) electrons. The number of aliphatic hydroxyl groups is 4. The maximum atomic E-state index is 10.6. The van der Waals surface area contributed by atoms with Crippen molar-refractivity contribution in [2.75, 3.05) is 6.79 Å². The molecule has 0 amide bonds. The van der Waals surface area contributed by atoms with Gasteiger partial charge >= 0.3 is 11.8 Å². The molecule has 0 spiro atoms. The van der Waals surface area contributed by atoms with Gasteiger partial charge < -0.3 is 35.0 Å². The topological polar surface area (TPSA) is 137 Å². The van der Waals surface area contributed by atoms with Crippen molar-refractivity contribution in [3.05, 3.63) is 23.8 Å². The third-order valence-corrected chi connectivity index (χ3v) is 2.56. The van der Waals surface area contributed by atoms with Crippen molar-refractivity contribution in [2.45, 2.75) is 11.6 Å². The number of hydrogen-bond acceptors (Lipinski definition) is 7. The summed E-state index contributed by atoms with van der Waals surface area (Å²) in [5.74, 6) is -8.90. The summed E-state index contributed by atoms with van der Waals surface area (Å²) in [5.41, 5.74) is -0.459. The van der Waals surface area contributed by atoms with Gasteiger partial charge in [0.15, 0.2) is 11.5 Å². The van der Waals surface area contributed by atoms with Gasteiger partial charge in [-0.05, 0) is 18.2 Å².